The monoisotopic (exact) mass is 252 g/mol. The van der Waals surface area contributed by atoms with Crippen LogP contribution in [0.4, 0.5) is 4.39 Å². The molecule has 0 aliphatic carbocycles. The standard InChI is InChI=1S/C14H21FN2O/c1-3-17(4-2)14(18)12(10-16)9-11-7-5-6-8-13(11)15/h5-8,12H,3-4,9-10,16H2,1-2H3. The lowest BCUT2D eigenvalue weighted by Crippen LogP contribution is -2.40. The number of rotatable bonds is 6. The van der Waals surface area contributed by atoms with Crippen molar-refractivity contribution in [2.24, 2.45) is 11.7 Å². The van der Waals surface area contributed by atoms with Crippen LogP contribution in [0.15, 0.2) is 24.3 Å². The third kappa shape index (κ3) is 3.53. The van der Waals surface area contributed by atoms with Gasteiger partial charge in [-0.1, -0.05) is 18.2 Å². The van der Waals surface area contributed by atoms with Crippen LogP contribution in [-0.4, -0.2) is 30.4 Å². The molecule has 1 unspecified atom stereocenters. The minimum Gasteiger partial charge on any atom is -0.343 e. The number of benzene rings is 1. The zero-order valence-electron chi connectivity index (χ0n) is 11.0. The van der Waals surface area contributed by atoms with Crippen LogP contribution in [0.25, 0.3) is 0 Å². The van der Waals surface area contributed by atoms with Gasteiger partial charge in [0.25, 0.3) is 0 Å². The second kappa shape index (κ2) is 7.11. The van der Waals surface area contributed by atoms with Crippen molar-refractivity contribution in [2.45, 2.75) is 20.3 Å². The molecule has 100 valence electrons. The van der Waals surface area contributed by atoms with Crippen molar-refractivity contribution in [1.29, 1.82) is 0 Å². The minimum absolute atomic E-state index is 0.00533. The van der Waals surface area contributed by atoms with E-state index in [1.807, 2.05) is 13.8 Å². The van der Waals surface area contributed by atoms with Gasteiger partial charge in [0.15, 0.2) is 0 Å². The van der Waals surface area contributed by atoms with Gasteiger partial charge in [-0.25, -0.2) is 4.39 Å². The zero-order chi connectivity index (χ0) is 13.5. The predicted octanol–water partition coefficient (Wildman–Crippen LogP) is 1.81. The number of halogens is 1. The number of nitrogens with two attached hydrogens (primary N) is 1. The summed E-state index contributed by atoms with van der Waals surface area (Å²) in [5.41, 5.74) is 6.20. The maximum Gasteiger partial charge on any atom is 0.227 e. The first-order valence-corrected chi connectivity index (χ1v) is 6.36. The molecule has 0 aliphatic rings. The van der Waals surface area contributed by atoms with Gasteiger partial charge in [0.05, 0.1) is 5.92 Å². The van der Waals surface area contributed by atoms with Crippen molar-refractivity contribution in [1.82, 2.24) is 4.90 Å². The highest BCUT2D eigenvalue weighted by Crippen LogP contribution is 2.14. The fourth-order valence-corrected chi connectivity index (χ4v) is 1.99. The van der Waals surface area contributed by atoms with Gasteiger partial charge in [0, 0.05) is 19.6 Å². The lowest BCUT2D eigenvalue weighted by Gasteiger charge is -2.24. The van der Waals surface area contributed by atoms with Crippen molar-refractivity contribution < 1.29 is 9.18 Å². The van der Waals surface area contributed by atoms with Crippen molar-refractivity contribution >= 4 is 5.91 Å². The smallest absolute Gasteiger partial charge is 0.227 e. The summed E-state index contributed by atoms with van der Waals surface area (Å²) in [6.07, 6.45) is 0.360. The first kappa shape index (κ1) is 14.6. The molecule has 18 heavy (non-hydrogen) atoms. The normalized spacial score (nSPS) is 12.2. The first-order chi connectivity index (χ1) is 8.63. The second-order valence-electron chi connectivity index (χ2n) is 4.24. The number of hydrogen-bond donors (Lipinski definition) is 1. The van der Waals surface area contributed by atoms with Crippen LogP contribution in [0.2, 0.25) is 0 Å². The van der Waals surface area contributed by atoms with E-state index in [4.69, 9.17) is 5.73 Å². The van der Waals surface area contributed by atoms with Gasteiger partial charge >= 0.3 is 0 Å². The Morgan fingerprint density at radius 3 is 2.44 bits per heavy atom. The molecule has 2 N–H and O–H groups in total. The zero-order valence-corrected chi connectivity index (χ0v) is 11.0. The van der Waals surface area contributed by atoms with Crippen molar-refractivity contribution in [3.05, 3.63) is 35.6 Å². The van der Waals surface area contributed by atoms with E-state index in [1.54, 1.807) is 23.1 Å². The van der Waals surface area contributed by atoms with Crippen molar-refractivity contribution in [2.75, 3.05) is 19.6 Å². The third-order valence-electron chi connectivity index (χ3n) is 3.13. The van der Waals surface area contributed by atoms with E-state index in [0.29, 0.717) is 25.1 Å². The fourth-order valence-electron chi connectivity index (χ4n) is 1.99. The summed E-state index contributed by atoms with van der Waals surface area (Å²) in [5.74, 6) is -0.615. The molecule has 3 nitrogen and oxygen atoms in total. The Morgan fingerprint density at radius 1 is 1.33 bits per heavy atom. The van der Waals surface area contributed by atoms with Crippen LogP contribution in [-0.2, 0) is 11.2 Å². The van der Waals surface area contributed by atoms with E-state index in [9.17, 15) is 9.18 Å². The molecule has 1 atom stereocenters. The maximum absolute atomic E-state index is 13.5. The molecule has 0 fully saturated rings. The number of hydrogen-bond acceptors (Lipinski definition) is 2. The molecule has 1 aromatic carbocycles. The number of carbonyl (C=O) groups is 1. The van der Waals surface area contributed by atoms with E-state index >= 15 is 0 Å². The lowest BCUT2D eigenvalue weighted by molar-refractivity contribution is -0.134. The quantitative estimate of drug-likeness (QED) is 0.839. The molecule has 1 amide bonds. The van der Waals surface area contributed by atoms with Gasteiger partial charge in [0.2, 0.25) is 5.91 Å². The number of nitrogens with zero attached hydrogens (tertiary/aromatic N) is 1. The van der Waals surface area contributed by atoms with E-state index < -0.39 is 0 Å². The highest BCUT2D eigenvalue weighted by Gasteiger charge is 2.22. The second-order valence-corrected chi connectivity index (χ2v) is 4.24. The van der Waals surface area contributed by atoms with Gasteiger partial charge in [-0.3, -0.25) is 4.79 Å². The summed E-state index contributed by atoms with van der Waals surface area (Å²) in [6, 6.07) is 6.52. The molecule has 0 bridgehead atoms. The molecule has 0 aromatic heterocycles. The van der Waals surface area contributed by atoms with Crippen LogP contribution in [0, 0.1) is 11.7 Å². The van der Waals surface area contributed by atoms with E-state index in [-0.39, 0.29) is 24.2 Å². The molecule has 1 rings (SSSR count). The molecular weight excluding hydrogens is 231 g/mol. The predicted molar refractivity (Wildman–Crippen MR) is 70.6 cm³/mol. The minimum atomic E-state index is -0.346. The molecule has 0 aliphatic heterocycles. The average molecular weight is 252 g/mol. The lowest BCUT2D eigenvalue weighted by atomic mass is 9.97. The van der Waals surface area contributed by atoms with Crippen LogP contribution < -0.4 is 5.73 Å². The van der Waals surface area contributed by atoms with Gasteiger partial charge in [-0.15, -0.1) is 0 Å². The average Bonchev–Trinajstić information content (AvgIpc) is 2.39. The highest BCUT2D eigenvalue weighted by molar-refractivity contribution is 5.79. The topological polar surface area (TPSA) is 46.3 Å². The molecule has 0 spiro atoms. The molecule has 0 saturated heterocycles. The van der Waals surface area contributed by atoms with Crippen LogP contribution in [0.3, 0.4) is 0 Å². The van der Waals surface area contributed by atoms with Gasteiger partial charge < -0.3 is 10.6 Å². The molecule has 4 heteroatoms. The summed E-state index contributed by atoms with van der Waals surface area (Å²) in [5, 5.41) is 0. The largest absolute Gasteiger partial charge is 0.343 e. The summed E-state index contributed by atoms with van der Waals surface area (Å²) in [7, 11) is 0. The van der Waals surface area contributed by atoms with Crippen LogP contribution in [0.5, 0.6) is 0 Å². The van der Waals surface area contributed by atoms with E-state index in [1.165, 1.54) is 6.07 Å². The summed E-state index contributed by atoms with van der Waals surface area (Å²) < 4.78 is 13.5. The Hall–Kier alpha value is -1.42. The van der Waals surface area contributed by atoms with E-state index in [0.717, 1.165) is 0 Å². The van der Waals surface area contributed by atoms with Gasteiger partial charge in [-0.2, -0.15) is 0 Å². The fraction of sp³-hybridized carbons (Fsp3) is 0.500. The maximum atomic E-state index is 13.5. The summed E-state index contributed by atoms with van der Waals surface area (Å²) in [4.78, 5) is 13.9. The molecule has 1 aromatic rings. The Morgan fingerprint density at radius 2 is 1.94 bits per heavy atom. The number of carbonyl (C=O) groups excluding carboxylic acids is 1. The van der Waals surface area contributed by atoms with Crippen LogP contribution in [0.1, 0.15) is 19.4 Å². The van der Waals surface area contributed by atoms with Gasteiger partial charge in [-0.05, 0) is 31.9 Å². The third-order valence-corrected chi connectivity index (χ3v) is 3.13. The summed E-state index contributed by atoms with van der Waals surface area (Å²) in [6.45, 7) is 5.41. The van der Waals surface area contributed by atoms with E-state index in [2.05, 4.69) is 0 Å². The highest BCUT2D eigenvalue weighted by atomic mass is 19.1. The summed E-state index contributed by atoms with van der Waals surface area (Å²) >= 11 is 0. The van der Waals surface area contributed by atoms with Crippen LogP contribution >= 0.6 is 0 Å². The molecular formula is C14H21FN2O. The van der Waals surface area contributed by atoms with Crippen molar-refractivity contribution in [3.8, 4) is 0 Å². The first-order valence-electron chi connectivity index (χ1n) is 6.36. The molecule has 0 saturated carbocycles. The number of amides is 1. The molecule has 0 heterocycles. The van der Waals surface area contributed by atoms with Crippen molar-refractivity contribution in [3.63, 3.8) is 0 Å². The Labute approximate surface area is 108 Å². The Balaban J connectivity index is 2.79. The molecule has 0 radical (unpaired) electrons. The van der Waals surface area contributed by atoms with Gasteiger partial charge in [0.1, 0.15) is 5.82 Å². The Bertz CT molecular complexity index is 391. The Kier molecular flexibility index (Phi) is 5.78. The SMILES string of the molecule is CCN(CC)C(=O)C(CN)Cc1ccccc1F.